The molecule has 4 aromatic carbocycles. The molecule has 0 saturated heterocycles. The maximum atomic E-state index is 6.64. The van der Waals surface area contributed by atoms with Crippen LogP contribution in [0.5, 0.6) is 0 Å². The molecule has 2 unspecified atom stereocenters. The molecule has 59 heavy (non-hydrogen) atoms. The molecule has 0 fully saturated rings. The van der Waals surface area contributed by atoms with Crippen LogP contribution in [-0.2, 0) is 66.3 Å². The number of benzene rings is 4. The third-order valence-corrected chi connectivity index (χ3v) is 12.1. The molecule has 0 N–H and O–H groups in total. The molecule has 8 rings (SSSR count). The summed E-state index contributed by atoms with van der Waals surface area (Å²) in [5, 5.41) is 0. The zero-order valence-corrected chi connectivity index (χ0v) is 35.2. The van der Waals surface area contributed by atoms with Crippen molar-refractivity contribution in [3.8, 4) is 0 Å². The number of aromatic nitrogens is 2. The molecule has 0 saturated carbocycles. The molecule has 0 bridgehead atoms. The van der Waals surface area contributed by atoms with Crippen molar-refractivity contribution in [1.82, 2.24) is 19.8 Å². The molecule has 4 heterocycles. The summed E-state index contributed by atoms with van der Waals surface area (Å²) in [5.41, 5.74) is 17.4. The lowest BCUT2D eigenvalue weighted by Gasteiger charge is -2.30. The lowest BCUT2D eigenvalue weighted by atomic mass is 9.89. The van der Waals surface area contributed by atoms with Gasteiger partial charge in [-0.15, -0.1) is 0 Å². The fraction of sp³-hybridized carbons (Fsp3) is 0.346. The van der Waals surface area contributed by atoms with E-state index in [2.05, 4.69) is 159 Å². The van der Waals surface area contributed by atoms with Crippen LogP contribution in [0.4, 0.5) is 0 Å². The Bertz CT molecular complexity index is 2120. The SMILES string of the molecule is CN(C)C(CCOCCC(c1c(Cc2ccccc2)nc(Cc2ccccc2)c2c1COC2)N(C)C)c1c(Cc2ccccc2)nc(Cc2ccccc2)c2c1COC2. The first kappa shape index (κ1) is 40.7. The van der Waals surface area contributed by atoms with Crippen LogP contribution in [0.15, 0.2) is 121 Å². The van der Waals surface area contributed by atoms with E-state index in [0.29, 0.717) is 39.6 Å². The number of nitrogens with zero attached hydrogens (tertiary/aromatic N) is 4. The van der Waals surface area contributed by atoms with Crippen molar-refractivity contribution in [3.05, 3.63) is 200 Å². The third kappa shape index (κ3) is 9.73. The molecule has 7 nitrogen and oxygen atoms in total. The van der Waals surface area contributed by atoms with Crippen LogP contribution in [0.3, 0.4) is 0 Å². The van der Waals surface area contributed by atoms with Gasteiger partial charge in [0.15, 0.2) is 0 Å². The Labute approximate surface area is 351 Å². The Hall–Kier alpha value is -5.02. The Morgan fingerprint density at radius 2 is 0.746 bits per heavy atom. The fourth-order valence-corrected chi connectivity index (χ4v) is 9.10. The Morgan fingerprint density at radius 3 is 1.07 bits per heavy atom. The smallest absolute Gasteiger partial charge is 0.0743 e. The van der Waals surface area contributed by atoms with Gasteiger partial charge in [0.05, 0.1) is 49.2 Å². The second-order valence-electron chi connectivity index (χ2n) is 16.5. The van der Waals surface area contributed by atoms with Crippen molar-refractivity contribution in [3.63, 3.8) is 0 Å². The van der Waals surface area contributed by atoms with Crippen LogP contribution < -0.4 is 0 Å². The zero-order valence-electron chi connectivity index (χ0n) is 35.2. The molecule has 2 atom stereocenters. The second kappa shape index (κ2) is 19.4. The topological polar surface area (TPSA) is 60.0 Å². The standard InChI is InChI=1S/C52H58N4O3/c1-55(2)49(51-43-35-58-33-41(43)45(29-37-17-9-5-10-18-37)53-47(51)31-39-21-13-7-14-22-39)25-27-57-28-26-50(56(3)4)52-44-36-59-34-42(44)46(30-38-19-11-6-12-20-38)54-48(52)32-40-23-15-8-16-24-40/h5-24,49-50H,25-36H2,1-4H3. The molecule has 0 spiro atoms. The van der Waals surface area contributed by atoms with Gasteiger partial charge in [0, 0.05) is 62.1 Å². The highest BCUT2D eigenvalue weighted by Crippen LogP contribution is 2.39. The van der Waals surface area contributed by atoms with E-state index in [1.54, 1.807) is 0 Å². The highest BCUT2D eigenvalue weighted by atomic mass is 16.5. The summed E-state index contributed by atoms with van der Waals surface area (Å²) in [6.45, 7) is 3.72. The predicted octanol–water partition coefficient (Wildman–Crippen LogP) is 9.60. The minimum Gasteiger partial charge on any atom is -0.381 e. The molecule has 2 aliphatic rings. The first-order chi connectivity index (χ1) is 28.9. The van der Waals surface area contributed by atoms with E-state index in [1.165, 1.54) is 55.6 Å². The van der Waals surface area contributed by atoms with Crippen molar-refractivity contribution in [1.29, 1.82) is 0 Å². The number of fused-ring (bicyclic) bond motifs is 2. The van der Waals surface area contributed by atoms with Gasteiger partial charge in [0.25, 0.3) is 0 Å². The summed E-state index contributed by atoms with van der Waals surface area (Å²) in [4.78, 5) is 15.7. The quantitative estimate of drug-likeness (QED) is 0.0805. The third-order valence-electron chi connectivity index (χ3n) is 12.1. The van der Waals surface area contributed by atoms with E-state index in [1.807, 2.05) is 0 Å². The summed E-state index contributed by atoms with van der Waals surface area (Å²) in [7, 11) is 8.74. The molecule has 6 aromatic rings. The van der Waals surface area contributed by atoms with Gasteiger partial charge in [-0.05, 0) is 85.5 Å². The summed E-state index contributed by atoms with van der Waals surface area (Å²) < 4.78 is 19.1. The lowest BCUT2D eigenvalue weighted by molar-refractivity contribution is 0.0908. The largest absolute Gasteiger partial charge is 0.381 e. The lowest BCUT2D eigenvalue weighted by Crippen LogP contribution is -2.27. The minimum atomic E-state index is 0.131. The van der Waals surface area contributed by atoms with Gasteiger partial charge in [-0.1, -0.05) is 121 Å². The van der Waals surface area contributed by atoms with E-state index < -0.39 is 0 Å². The second-order valence-corrected chi connectivity index (χ2v) is 16.5. The van der Waals surface area contributed by atoms with Crippen LogP contribution >= 0.6 is 0 Å². The molecule has 2 aromatic heterocycles. The van der Waals surface area contributed by atoms with E-state index in [9.17, 15) is 0 Å². The normalized spacial score (nSPS) is 14.5. The fourth-order valence-electron chi connectivity index (χ4n) is 9.10. The predicted molar refractivity (Wildman–Crippen MR) is 235 cm³/mol. The molecule has 304 valence electrons. The van der Waals surface area contributed by atoms with Gasteiger partial charge in [-0.25, -0.2) is 0 Å². The van der Waals surface area contributed by atoms with Crippen molar-refractivity contribution < 1.29 is 14.2 Å². The van der Waals surface area contributed by atoms with Gasteiger partial charge >= 0.3 is 0 Å². The zero-order chi connectivity index (χ0) is 40.6. The Morgan fingerprint density at radius 1 is 0.441 bits per heavy atom. The molecule has 0 radical (unpaired) electrons. The summed E-state index contributed by atoms with van der Waals surface area (Å²) in [6.07, 6.45) is 4.85. The van der Waals surface area contributed by atoms with Crippen LogP contribution in [0, 0.1) is 0 Å². The highest BCUT2D eigenvalue weighted by molar-refractivity contribution is 5.48. The average molecular weight is 787 g/mol. The molecular formula is C52H58N4O3. The van der Waals surface area contributed by atoms with Crippen molar-refractivity contribution in [2.24, 2.45) is 0 Å². The molecular weight excluding hydrogens is 729 g/mol. The number of ether oxygens (including phenoxy) is 3. The van der Waals surface area contributed by atoms with E-state index in [4.69, 9.17) is 24.2 Å². The first-order valence-electron chi connectivity index (χ1n) is 21.2. The number of pyridine rings is 2. The van der Waals surface area contributed by atoms with E-state index >= 15 is 0 Å². The highest BCUT2D eigenvalue weighted by Gasteiger charge is 2.32. The Balaban J connectivity index is 1.03. The van der Waals surface area contributed by atoms with E-state index in [0.717, 1.165) is 61.3 Å². The van der Waals surface area contributed by atoms with Gasteiger partial charge in [-0.3, -0.25) is 9.97 Å². The van der Waals surface area contributed by atoms with Crippen molar-refractivity contribution >= 4 is 0 Å². The number of hydrogen-bond donors (Lipinski definition) is 0. The van der Waals surface area contributed by atoms with Gasteiger partial charge in [0.2, 0.25) is 0 Å². The minimum absolute atomic E-state index is 0.131. The van der Waals surface area contributed by atoms with Gasteiger partial charge < -0.3 is 24.0 Å². The number of rotatable bonds is 18. The van der Waals surface area contributed by atoms with Gasteiger partial charge in [-0.2, -0.15) is 0 Å². The van der Waals surface area contributed by atoms with Crippen LogP contribution in [0.1, 0.15) is 103 Å². The summed E-state index contributed by atoms with van der Waals surface area (Å²) in [6, 6.07) is 43.1. The average Bonchev–Trinajstić information content (AvgIpc) is 3.95. The van der Waals surface area contributed by atoms with Crippen LogP contribution in [-0.4, -0.2) is 61.2 Å². The molecule has 0 aliphatic carbocycles. The molecule has 0 amide bonds. The summed E-state index contributed by atoms with van der Waals surface area (Å²) >= 11 is 0. The van der Waals surface area contributed by atoms with Crippen molar-refractivity contribution in [2.75, 3.05) is 41.4 Å². The van der Waals surface area contributed by atoms with Crippen molar-refractivity contribution in [2.45, 2.75) is 77.0 Å². The molecule has 2 aliphatic heterocycles. The molecule has 7 heteroatoms. The van der Waals surface area contributed by atoms with Crippen LogP contribution in [0.2, 0.25) is 0 Å². The summed E-state index contributed by atoms with van der Waals surface area (Å²) in [5.74, 6) is 0. The maximum absolute atomic E-state index is 6.64. The van der Waals surface area contributed by atoms with E-state index in [-0.39, 0.29) is 12.1 Å². The first-order valence-corrected chi connectivity index (χ1v) is 21.2. The maximum Gasteiger partial charge on any atom is 0.0743 e. The Kier molecular flexibility index (Phi) is 13.4. The monoisotopic (exact) mass is 786 g/mol. The van der Waals surface area contributed by atoms with Crippen LogP contribution in [0.25, 0.3) is 0 Å². The number of hydrogen-bond acceptors (Lipinski definition) is 7. The van der Waals surface area contributed by atoms with Gasteiger partial charge in [0.1, 0.15) is 0 Å².